The van der Waals surface area contributed by atoms with Crippen molar-refractivity contribution in [1.29, 1.82) is 0 Å². The van der Waals surface area contributed by atoms with Crippen LogP contribution in [0.4, 0.5) is 0 Å². The summed E-state index contributed by atoms with van der Waals surface area (Å²) in [5.41, 5.74) is 2.32. The first-order valence-electron chi connectivity index (χ1n) is 5.34. The second-order valence-corrected chi connectivity index (χ2v) is 4.54. The molecule has 0 aliphatic rings. The van der Waals surface area contributed by atoms with Crippen LogP contribution in [0.3, 0.4) is 0 Å². The summed E-state index contributed by atoms with van der Waals surface area (Å²) in [4.78, 5) is 12.0. The van der Waals surface area contributed by atoms with Crippen LogP contribution >= 0.6 is 11.6 Å². The number of carbonyl (C=O) groups is 1. The van der Waals surface area contributed by atoms with Gasteiger partial charge in [-0.05, 0) is 38.0 Å². The minimum atomic E-state index is -0.587. The Balaban J connectivity index is 3.48. The van der Waals surface area contributed by atoms with Crippen molar-refractivity contribution in [1.82, 2.24) is 0 Å². The van der Waals surface area contributed by atoms with E-state index in [1.807, 2.05) is 13.8 Å². The van der Waals surface area contributed by atoms with Gasteiger partial charge in [-0.15, -0.1) is 11.6 Å². The van der Waals surface area contributed by atoms with Crippen LogP contribution < -0.4 is 9.47 Å². The topological polar surface area (TPSA) is 35.5 Å². The van der Waals surface area contributed by atoms with E-state index in [4.69, 9.17) is 21.1 Å². The van der Waals surface area contributed by atoms with Crippen molar-refractivity contribution >= 4 is 17.4 Å². The highest BCUT2D eigenvalue weighted by molar-refractivity contribution is 6.34. The summed E-state index contributed by atoms with van der Waals surface area (Å²) in [5, 5.41) is -0.587. The van der Waals surface area contributed by atoms with Crippen molar-refractivity contribution in [2.24, 2.45) is 0 Å². The van der Waals surface area contributed by atoms with Crippen molar-refractivity contribution in [2.45, 2.75) is 26.1 Å². The number of carbonyl (C=O) groups excluding carboxylic acids is 1. The Hall–Kier alpha value is -1.22. The third-order valence-electron chi connectivity index (χ3n) is 2.84. The average Bonchev–Trinajstić information content (AvgIpc) is 2.31. The summed E-state index contributed by atoms with van der Waals surface area (Å²) >= 11 is 5.83. The highest BCUT2D eigenvalue weighted by Gasteiger charge is 2.21. The van der Waals surface area contributed by atoms with Crippen LogP contribution in [0.25, 0.3) is 0 Å². The van der Waals surface area contributed by atoms with Crippen molar-refractivity contribution in [2.75, 3.05) is 14.2 Å². The first-order chi connectivity index (χ1) is 7.93. The molecule has 0 amide bonds. The van der Waals surface area contributed by atoms with Crippen molar-refractivity contribution in [3.8, 4) is 11.5 Å². The zero-order valence-electron chi connectivity index (χ0n) is 10.8. The molecule has 0 spiro atoms. The maximum atomic E-state index is 12.0. The molecule has 17 heavy (non-hydrogen) atoms. The van der Waals surface area contributed by atoms with Crippen LogP contribution in [0, 0.1) is 13.8 Å². The van der Waals surface area contributed by atoms with Gasteiger partial charge in [0.2, 0.25) is 0 Å². The lowest BCUT2D eigenvalue weighted by Gasteiger charge is -2.16. The molecule has 0 fully saturated rings. The van der Waals surface area contributed by atoms with Gasteiger partial charge in [0.15, 0.2) is 5.78 Å². The standard InChI is InChI=1S/C13H17ClO3/c1-7-8(2)13(17-5)10(6-11(7)16-4)12(15)9(3)14/h6,9H,1-5H3. The van der Waals surface area contributed by atoms with E-state index in [1.54, 1.807) is 27.2 Å². The number of hydrogen-bond donors (Lipinski definition) is 0. The molecule has 3 nitrogen and oxygen atoms in total. The molecule has 94 valence electrons. The normalized spacial score (nSPS) is 12.1. The minimum absolute atomic E-state index is 0.162. The highest BCUT2D eigenvalue weighted by atomic mass is 35.5. The number of ether oxygens (including phenoxy) is 2. The molecular weight excluding hydrogens is 240 g/mol. The first-order valence-corrected chi connectivity index (χ1v) is 5.78. The van der Waals surface area contributed by atoms with Crippen molar-refractivity contribution < 1.29 is 14.3 Å². The zero-order chi connectivity index (χ0) is 13.2. The van der Waals surface area contributed by atoms with Gasteiger partial charge in [-0.1, -0.05) is 0 Å². The molecule has 0 aliphatic heterocycles. The van der Waals surface area contributed by atoms with Crippen molar-refractivity contribution in [3.63, 3.8) is 0 Å². The molecule has 0 bridgehead atoms. The quantitative estimate of drug-likeness (QED) is 0.613. The van der Waals surface area contributed by atoms with Gasteiger partial charge in [0.1, 0.15) is 11.5 Å². The number of ketones is 1. The Morgan fingerprint density at radius 1 is 1.24 bits per heavy atom. The van der Waals surface area contributed by atoms with E-state index in [-0.39, 0.29) is 5.78 Å². The van der Waals surface area contributed by atoms with Gasteiger partial charge < -0.3 is 9.47 Å². The Labute approximate surface area is 107 Å². The molecule has 0 heterocycles. The summed E-state index contributed by atoms with van der Waals surface area (Å²) in [6.45, 7) is 5.46. The summed E-state index contributed by atoms with van der Waals surface area (Å²) in [7, 11) is 3.12. The molecule has 0 N–H and O–H groups in total. The molecule has 0 aliphatic carbocycles. The summed E-state index contributed by atoms with van der Waals surface area (Å²) in [6, 6.07) is 1.68. The van der Waals surface area contributed by atoms with Gasteiger partial charge >= 0.3 is 0 Å². The number of benzene rings is 1. The predicted molar refractivity (Wildman–Crippen MR) is 68.7 cm³/mol. The molecule has 1 rings (SSSR count). The number of halogens is 1. The van der Waals surface area contributed by atoms with E-state index in [0.717, 1.165) is 11.1 Å². The van der Waals surface area contributed by atoms with Gasteiger partial charge in [0.25, 0.3) is 0 Å². The second-order valence-electron chi connectivity index (χ2n) is 3.89. The van der Waals surface area contributed by atoms with E-state index < -0.39 is 5.38 Å². The number of Topliss-reactive ketones (excluding diaryl/α,β-unsaturated/α-hetero) is 1. The molecule has 0 saturated carbocycles. The SMILES string of the molecule is COc1cc(C(=O)C(C)Cl)c(OC)c(C)c1C. The van der Waals surface area contributed by atoms with Crippen LogP contribution in [0.2, 0.25) is 0 Å². The Morgan fingerprint density at radius 2 is 1.82 bits per heavy atom. The van der Waals surface area contributed by atoms with Gasteiger partial charge in [0.05, 0.1) is 25.2 Å². The highest BCUT2D eigenvalue weighted by Crippen LogP contribution is 2.34. The van der Waals surface area contributed by atoms with E-state index in [2.05, 4.69) is 0 Å². The van der Waals surface area contributed by atoms with Gasteiger partial charge in [-0.3, -0.25) is 4.79 Å². The fraction of sp³-hybridized carbons (Fsp3) is 0.462. The van der Waals surface area contributed by atoms with Crippen LogP contribution in [0.1, 0.15) is 28.4 Å². The smallest absolute Gasteiger partial charge is 0.184 e. The number of hydrogen-bond acceptors (Lipinski definition) is 3. The van der Waals surface area contributed by atoms with Crippen LogP contribution in [-0.2, 0) is 0 Å². The van der Waals surface area contributed by atoms with E-state index in [9.17, 15) is 4.79 Å². The number of alkyl halides is 1. The van der Waals surface area contributed by atoms with E-state index in [1.165, 1.54) is 0 Å². The zero-order valence-corrected chi connectivity index (χ0v) is 11.5. The fourth-order valence-corrected chi connectivity index (χ4v) is 1.85. The molecule has 1 unspecified atom stereocenters. The lowest BCUT2D eigenvalue weighted by Crippen LogP contribution is -2.13. The minimum Gasteiger partial charge on any atom is -0.496 e. The van der Waals surface area contributed by atoms with E-state index >= 15 is 0 Å². The molecule has 4 heteroatoms. The Morgan fingerprint density at radius 3 is 2.24 bits per heavy atom. The number of methoxy groups -OCH3 is 2. The first kappa shape index (κ1) is 13.8. The van der Waals surface area contributed by atoms with Crippen molar-refractivity contribution in [3.05, 3.63) is 22.8 Å². The molecule has 1 atom stereocenters. The third kappa shape index (κ3) is 2.55. The average molecular weight is 257 g/mol. The third-order valence-corrected chi connectivity index (χ3v) is 3.04. The molecule has 0 aromatic heterocycles. The lowest BCUT2D eigenvalue weighted by molar-refractivity contribution is 0.0988. The second kappa shape index (κ2) is 5.41. The predicted octanol–water partition coefficient (Wildman–Crippen LogP) is 3.13. The van der Waals surface area contributed by atoms with Gasteiger partial charge in [-0.2, -0.15) is 0 Å². The Kier molecular flexibility index (Phi) is 4.40. The Bertz CT molecular complexity index is 439. The molecule has 0 saturated heterocycles. The van der Waals surface area contributed by atoms with Crippen LogP contribution in [0.15, 0.2) is 6.07 Å². The monoisotopic (exact) mass is 256 g/mol. The van der Waals surface area contributed by atoms with E-state index in [0.29, 0.717) is 17.1 Å². The van der Waals surface area contributed by atoms with Crippen LogP contribution in [0.5, 0.6) is 11.5 Å². The number of rotatable bonds is 4. The van der Waals surface area contributed by atoms with Gasteiger partial charge in [-0.25, -0.2) is 0 Å². The lowest BCUT2D eigenvalue weighted by atomic mass is 9.99. The summed E-state index contributed by atoms with van der Waals surface area (Å²) in [5.74, 6) is 1.08. The molecular formula is C13H17ClO3. The molecule has 1 aromatic carbocycles. The summed E-state index contributed by atoms with van der Waals surface area (Å²) in [6.07, 6.45) is 0. The molecule has 0 radical (unpaired) electrons. The van der Waals surface area contributed by atoms with Crippen LogP contribution in [-0.4, -0.2) is 25.4 Å². The maximum Gasteiger partial charge on any atom is 0.184 e. The molecule has 1 aromatic rings. The fourth-order valence-electron chi connectivity index (χ4n) is 1.73. The van der Waals surface area contributed by atoms with Gasteiger partial charge in [0, 0.05) is 0 Å². The summed E-state index contributed by atoms with van der Waals surface area (Å²) < 4.78 is 10.5. The largest absolute Gasteiger partial charge is 0.496 e. The maximum absolute atomic E-state index is 12.0.